The van der Waals surface area contributed by atoms with Gasteiger partial charge in [0.05, 0.1) is 12.2 Å². The lowest BCUT2D eigenvalue weighted by molar-refractivity contribution is 0.0189. The van der Waals surface area contributed by atoms with Crippen LogP contribution >= 0.6 is 0 Å². The molecule has 2 aromatic carbocycles. The van der Waals surface area contributed by atoms with Gasteiger partial charge >= 0.3 is 0 Å². The standard InChI is InChI=1S/C21H21N3O2/c25-20(17-8-10-18(11-9-17)24-14-4-13-23-24)22-15-21(26)12-3-6-16-5-1-2-7-19(16)21/h1-2,4-5,7-11,13-14,26H,3,6,12,15H2,(H,22,25). The Morgan fingerprint density at radius 2 is 1.96 bits per heavy atom. The Balaban J connectivity index is 1.46. The fourth-order valence-corrected chi connectivity index (χ4v) is 3.60. The molecule has 1 aliphatic carbocycles. The molecule has 1 amide bonds. The van der Waals surface area contributed by atoms with Crippen LogP contribution in [0, 0.1) is 0 Å². The highest BCUT2D eigenvalue weighted by Crippen LogP contribution is 2.34. The van der Waals surface area contributed by atoms with Crippen molar-refractivity contribution in [3.05, 3.63) is 83.7 Å². The van der Waals surface area contributed by atoms with Crippen LogP contribution in [0.2, 0.25) is 0 Å². The number of aliphatic hydroxyl groups is 1. The topological polar surface area (TPSA) is 67.2 Å². The van der Waals surface area contributed by atoms with Crippen molar-refractivity contribution in [1.82, 2.24) is 15.1 Å². The quantitative estimate of drug-likeness (QED) is 0.763. The molecule has 0 bridgehead atoms. The second kappa shape index (κ2) is 6.77. The maximum atomic E-state index is 12.5. The third-order valence-electron chi connectivity index (χ3n) is 5.00. The minimum Gasteiger partial charge on any atom is -0.383 e. The molecule has 3 aromatic rings. The van der Waals surface area contributed by atoms with Crippen LogP contribution in [0.3, 0.4) is 0 Å². The van der Waals surface area contributed by atoms with Crippen LogP contribution in [0.15, 0.2) is 67.0 Å². The summed E-state index contributed by atoms with van der Waals surface area (Å²) in [6, 6.07) is 17.0. The van der Waals surface area contributed by atoms with Gasteiger partial charge in [-0.25, -0.2) is 4.68 Å². The summed E-state index contributed by atoms with van der Waals surface area (Å²) in [5.41, 5.74) is 2.55. The van der Waals surface area contributed by atoms with Gasteiger partial charge in [0.25, 0.3) is 5.91 Å². The fraction of sp³-hybridized carbons (Fsp3) is 0.238. The van der Waals surface area contributed by atoms with Crippen molar-refractivity contribution in [2.75, 3.05) is 6.54 Å². The first-order valence-corrected chi connectivity index (χ1v) is 8.85. The summed E-state index contributed by atoms with van der Waals surface area (Å²) < 4.78 is 1.74. The number of aryl methyl sites for hydroxylation is 1. The average Bonchev–Trinajstić information content (AvgIpc) is 3.22. The highest BCUT2D eigenvalue weighted by atomic mass is 16.3. The maximum absolute atomic E-state index is 12.5. The van der Waals surface area contributed by atoms with E-state index < -0.39 is 5.60 Å². The monoisotopic (exact) mass is 347 g/mol. The molecule has 26 heavy (non-hydrogen) atoms. The summed E-state index contributed by atoms with van der Waals surface area (Å²) in [5.74, 6) is -0.187. The van der Waals surface area contributed by atoms with Crippen LogP contribution < -0.4 is 5.32 Å². The SMILES string of the molecule is O=C(NCC1(O)CCCc2ccccc21)c1ccc(-n2cccn2)cc1. The molecule has 5 nitrogen and oxygen atoms in total. The molecule has 1 unspecified atom stereocenters. The molecule has 4 rings (SSSR count). The summed E-state index contributed by atoms with van der Waals surface area (Å²) >= 11 is 0. The van der Waals surface area contributed by atoms with E-state index in [1.54, 1.807) is 23.0 Å². The Bertz CT molecular complexity index is 903. The zero-order valence-electron chi connectivity index (χ0n) is 14.4. The molecule has 132 valence electrons. The number of hydrogen-bond acceptors (Lipinski definition) is 3. The second-order valence-electron chi connectivity index (χ2n) is 6.72. The Morgan fingerprint density at radius 1 is 1.15 bits per heavy atom. The number of fused-ring (bicyclic) bond motifs is 1. The maximum Gasteiger partial charge on any atom is 0.251 e. The van der Waals surface area contributed by atoms with Gasteiger partial charge in [-0.05, 0) is 60.7 Å². The summed E-state index contributed by atoms with van der Waals surface area (Å²) in [7, 11) is 0. The summed E-state index contributed by atoms with van der Waals surface area (Å²) in [6.07, 6.45) is 6.11. The molecular formula is C21H21N3O2. The molecule has 0 saturated heterocycles. The smallest absolute Gasteiger partial charge is 0.251 e. The molecule has 1 atom stereocenters. The van der Waals surface area contributed by atoms with Crippen molar-refractivity contribution in [1.29, 1.82) is 0 Å². The van der Waals surface area contributed by atoms with Crippen molar-refractivity contribution in [2.45, 2.75) is 24.9 Å². The number of benzene rings is 2. The van der Waals surface area contributed by atoms with Crippen molar-refractivity contribution >= 4 is 5.91 Å². The van der Waals surface area contributed by atoms with Crippen molar-refractivity contribution in [2.24, 2.45) is 0 Å². The molecule has 0 saturated carbocycles. The van der Waals surface area contributed by atoms with E-state index in [0.29, 0.717) is 12.0 Å². The lowest BCUT2D eigenvalue weighted by Gasteiger charge is -2.34. The van der Waals surface area contributed by atoms with Crippen molar-refractivity contribution in [3.63, 3.8) is 0 Å². The molecule has 5 heteroatoms. The van der Waals surface area contributed by atoms with E-state index in [1.165, 1.54) is 5.56 Å². The fourth-order valence-electron chi connectivity index (χ4n) is 3.60. The number of amides is 1. The summed E-state index contributed by atoms with van der Waals surface area (Å²) in [5, 5.41) is 18.1. The second-order valence-corrected chi connectivity index (χ2v) is 6.72. The molecule has 1 heterocycles. The zero-order chi connectivity index (χ0) is 18.0. The van der Waals surface area contributed by atoms with Gasteiger partial charge in [-0.3, -0.25) is 4.79 Å². The predicted molar refractivity (Wildman–Crippen MR) is 99.2 cm³/mol. The van der Waals surface area contributed by atoms with E-state index in [0.717, 1.165) is 24.1 Å². The van der Waals surface area contributed by atoms with Gasteiger partial charge in [-0.15, -0.1) is 0 Å². The van der Waals surface area contributed by atoms with Crippen molar-refractivity contribution in [3.8, 4) is 5.69 Å². The molecular weight excluding hydrogens is 326 g/mol. The minimum atomic E-state index is -1.00. The highest BCUT2D eigenvalue weighted by Gasteiger charge is 2.34. The van der Waals surface area contributed by atoms with Crippen LogP contribution in [0.25, 0.3) is 5.69 Å². The van der Waals surface area contributed by atoms with E-state index in [2.05, 4.69) is 16.5 Å². The average molecular weight is 347 g/mol. The van der Waals surface area contributed by atoms with E-state index in [1.807, 2.05) is 42.6 Å². The van der Waals surface area contributed by atoms with E-state index in [9.17, 15) is 9.90 Å². The van der Waals surface area contributed by atoms with Crippen LogP contribution in [0.1, 0.15) is 34.3 Å². The summed E-state index contributed by atoms with van der Waals surface area (Å²) in [4.78, 5) is 12.5. The first-order chi connectivity index (χ1) is 12.7. The largest absolute Gasteiger partial charge is 0.383 e. The number of nitrogens with one attached hydrogen (secondary N) is 1. The minimum absolute atomic E-state index is 0.187. The molecule has 0 radical (unpaired) electrons. The van der Waals surface area contributed by atoms with Gasteiger partial charge in [0.2, 0.25) is 0 Å². The van der Waals surface area contributed by atoms with E-state index in [4.69, 9.17) is 0 Å². The van der Waals surface area contributed by atoms with Crippen LogP contribution in [-0.4, -0.2) is 27.3 Å². The molecule has 0 aliphatic heterocycles. The number of rotatable bonds is 4. The first kappa shape index (κ1) is 16.5. The predicted octanol–water partition coefficient (Wildman–Crippen LogP) is 2.83. The lowest BCUT2D eigenvalue weighted by atomic mass is 9.79. The molecule has 0 fully saturated rings. The Labute approximate surface area is 152 Å². The third kappa shape index (κ3) is 3.13. The number of carbonyl (C=O) groups excluding carboxylic acids is 1. The molecule has 1 aromatic heterocycles. The van der Waals surface area contributed by atoms with E-state index >= 15 is 0 Å². The van der Waals surface area contributed by atoms with Gasteiger partial charge in [0.15, 0.2) is 0 Å². The Morgan fingerprint density at radius 3 is 2.73 bits per heavy atom. The third-order valence-corrected chi connectivity index (χ3v) is 5.00. The van der Waals surface area contributed by atoms with Gasteiger partial charge < -0.3 is 10.4 Å². The van der Waals surface area contributed by atoms with E-state index in [-0.39, 0.29) is 12.5 Å². The molecule has 2 N–H and O–H groups in total. The zero-order valence-corrected chi connectivity index (χ0v) is 14.4. The molecule has 1 aliphatic rings. The van der Waals surface area contributed by atoms with Crippen molar-refractivity contribution < 1.29 is 9.90 Å². The van der Waals surface area contributed by atoms with Gasteiger partial charge in [0.1, 0.15) is 5.60 Å². The number of aromatic nitrogens is 2. The normalized spacial score (nSPS) is 19.0. The lowest BCUT2D eigenvalue weighted by Crippen LogP contribution is -2.43. The van der Waals surface area contributed by atoms with Crippen LogP contribution in [0.4, 0.5) is 0 Å². The molecule has 0 spiro atoms. The Kier molecular flexibility index (Phi) is 4.31. The number of hydrogen-bond donors (Lipinski definition) is 2. The highest BCUT2D eigenvalue weighted by molar-refractivity contribution is 5.94. The van der Waals surface area contributed by atoms with Crippen LogP contribution in [0.5, 0.6) is 0 Å². The van der Waals surface area contributed by atoms with Gasteiger partial charge in [-0.1, -0.05) is 24.3 Å². The Hall–Kier alpha value is -2.92. The number of nitrogens with zero attached hydrogens (tertiary/aromatic N) is 2. The summed E-state index contributed by atoms with van der Waals surface area (Å²) in [6.45, 7) is 0.212. The van der Waals surface area contributed by atoms with Gasteiger partial charge in [0, 0.05) is 18.0 Å². The van der Waals surface area contributed by atoms with Gasteiger partial charge in [-0.2, -0.15) is 5.10 Å². The first-order valence-electron chi connectivity index (χ1n) is 8.85. The van der Waals surface area contributed by atoms with Crippen LogP contribution in [-0.2, 0) is 12.0 Å². The number of carbonyl (C=O) groups is 1.